The van der Waals surface area contributed by atoms with E-state index in [1.165, 1.54) is 0 Å². The summed E-state index contributed by atoms with van der Waals surface area (Å²) < 4.78 is 0. The number of hydrogen-bond donors (Lipinski definition) is 2. The lowest BCUT2D eigenvalue weighted by Gasteiger charge is -2.34. The first-order valence-electron chi connectivity index (χ1n) is 5.25. The summed E-state index contributed by atoms with van der Waals surface area (Å²) in [6.07, 6.45) is 3.48. The molecular formula is C12H20O2. The molecule has 0 saturated heterocycles. The molecule has 2 nitrogen and oxygen atoms in total. The quantitative estimate of drug-likeness (QED) is 0.708. The van der Waals surface area contributed by atoms with E-state index in [9.17, 15) is 5.11 Å². The van der Waals surface area contributed by atoms with Gasteiger partial charge in [-0.1, -0.05) is 25.2 Å². The lowest BCUT2D eigenvalue weighted by molar-refractivity contribution is 0.0913. The van der Waals surface area contributed by atoms with Crippen LogP contribution in [0.3, 0.4) is 0 Å². The van der Waals surface area contributed by atoms with Crippen LogP contribution in [0.5, 0.6) is 0 Å². The summed E-state index contributed by atoms with van der Waals surface area (Å²) in [4.78, 5) is 0. The third-order valence-electron chi connectivity index (χ3n) is 3.25. The van der Waals surface area contributed by atoms with Crippen LogP contribution in [-0.4, -0.2) is 22.9 Å². The molecule has 1 fully saturated rings. The summed E-state index contributed by atoms with van der Waals surface area (Å²) in [5, 5.41) is 18.5. The predicted molar refractivity (Wildman–Crippen MR) is 57.9 cm³/mol. The summed E-state index contributed by atoms with van der Waals surface area (Å²) in [6.45, 7) is 8.00. The standard InChI is InChI=1S/C12H20O2/c1-8-4-5-12(10(3)14)9(2)11(8)6-7-13/h6,9-10,12-14H,1,4-5,7H2,2-3H3/b11-6+/t9-,10-,12+/m0/s1. The normalized spacial score (nSPS) is 33.4. The second-order valence-electron chi connectivity index (χ2n) is 4.18. The van der Waals surface area contributed by atoms with E-state index in [0.29, 0.717) is 11.8 Å². The molecule has 0 heterocycles. The fourth-order valence-electron chi connectivity index (χ4n) is 2.38. The van der Waals surface area contributed by atoms with Crippen LogP contribution >= 0.6 is 0 Å². The molecular weight excluding hydrogens is 176 g/mol. The lowest BCUT2D eigenvalue weighted by Crippen LogP contribution is -2.29. The molecule has 2 N–H and O–H groups in total. The number of allylic oxidation sites excluding steroid dienone is 2. The van der Waals surface area contributed by atoms with Crippen molar-refractivity contribution in [3.63, 3.8) is 0 Å². The largest absolute Gasteiger partial charge is 0.393 e. The lowest BCUT2D eigenvalue weighted by atomic mass is 9.72. The molecule has 1 saturated carbocycles. The fourth-order valence-corrected chi connectivity index (χ4v) is 2.38. The van der Waals surface area contributed by atoms with E-state index in [2.05, 4.69) is 13.5 Å². The Morgan fingerprint density at radius 3 is 2.79 bits per heavy atom. The molecule has 1 rings (SSSR count). The van der Waals surface area contributed by atoms with Crippen molar-refractivity contribution >= 4 is 0 Å². The van der Waals surface area contributed by atoms with Gasteiger partial charge < -0.3 is 10.2 Å². The van der Waals surface area contributed by atoms with Crippen molar-refractivity contribution in [1.82, 2.24) is 0 Å². The Labute approximate surface area is 86.0 Å². The summed E-state index contributed by atoms with van der Waals surface area (Å²) in [7, 11) is 0. The van der Waals surface area contributed by atoms with E-state index in [0.717, 1.165) is 24.0 Å². The first-order valence-corrected chi connectivity index (χ1v) is 5.25. The van der Waals surface area contributed by atoms with Gasteiger partial charge in [-0.15, -0.1) is 0 Å². The Morgan fingerprint density at radius 2 is 2.29 bits per heavy atom. The highest BCUT2D eigenvalue weighted by Crippen LogP contribution is 2.38. The molecule has 0 spiro atoms. The highest BCUT2D eigenvalue weighted by Gasteiger charge is 2.30. The third kappa shape index (κ3) is 2.25. The summed E-state index contributed by atoms with van der Waals surface area (Å²) >= 11 is 0. The maximum Gasteiger partial charge on any atom is 0.0618 e. The minimum Gasteiger partial charge on any atom is -0.393 e. The van der Waals surface area contributed by atoms with Gasteiger partial charge in [-0.25, -0.2) is 0 Å². The highest BCUT2D eigenvalue weighted by molar-refractivity contribution is 5.33. The van der Waals surface area contributed by atoms with Crippen molar-refractivity contribution in [1.29, 1.82) is 0 Å². The average Bonchev–Trinajstić information content (AvgIpc) is 2.11. The molecule has 3 atom stereocenters. The van der Waals surface area contributed by atoms with Crippen LogP contribution in [0.1, 0.15) is 26.7 Å². The van der Waals surface area contributed by atoms with Crippen molar-refractivity contribution in [3.8, 4) is 0 Å². The average molecular weight is 196 g/mol. The second-order valence-corrected chi connectivity index (χ2v) is 4.18. The Morgan fingerprint density at radius 1 is 1.64 bits per heavy atom. The summed E-state index contributed by atoms with van der Waals surface area (Å²) in [6, 6.07) is 0. The zero-order chi connectivity index (χ0) is 10.7. The van der Waals surface area contributed by atoms with Crippen LogP contribution in [0.4, 0.5) is 0 Å². The zero-order valence-electron chi connectivity index (χ0n) is 9.03. The van der Waals surface area contributed by atoms with Crippen LogP contribution in [0.15, 0.2) is 23.8 Å². The smallest absolute Gasteiger partial charge is 0.0618 e. The molecule has 0 radical (unpaired) electrons. The highest BCUT2D eigenvalue weighted by atomic mass is 16.3. The van der Waals surface area contributed by atoms with Gasteiger partial charge in [0.2, 0.25) is 0 Å². The monoisotopic (exact) mass is 196 g/mol. The summed E-state index contributed by atoms with van der Waals surface area (Å²) in [5.41, 5.74) is 2.24. The molecule has 0 aromatic carbocycles. The van der Waals surface area contributed by atoms with E-state index in [-0.39, 0.29) is 12.7 Å². The van der Waals surface area contributed by atoms with Crippen LogP contribution < -0.4 is 0 Å². The first kappa shape index (κ1) is 11.5. The Hall–Kier alpha value is -0.600. The second kappa shape index (κ2) is 4.76. The van der Waals surface area contributed by atoms with Crippen LogP contribution in [-0.2, 0) is 0 Å². The van der Waals surface area contributed by atoms with E-state index in [1.807, 2.05) is 13.0 Å². The number of aliphatic hydroxyl groups excluding tert-OH is 2. The van der Waals surface area contributed by atoms with E-state index < -0.39 is 0 Å². The van der Waals surface area contributed by atoms with Gasteiger partial charge >= 0.3 is 0 Å². The Kier molecular flexibility index (Phi) is 3.90. The molecule has 2 heteroatoms. The fraction of sp³-hybridized carbons (Fsp3) is 0.667. The molecule has 14 heavy (non-hydrogen) atoms. The van der Waals surface area contributed by atoms with Crippen molar-refractivity contribution in [2.75, 3.05) is 6.61 Å². The van der Waals surface area contributed by atoms with Gasteiger partial charge in [0.25, 0.3) is 0 Å². The Bertz CT molecular complexity index is 241. The van der Waals surface area contributed by atoms with Crippen molar-refractivity contribution < 1.29 is 10.2 Å². The van der Waals surface area contributed by atoms with Crippen molar-refractivity contribution in [2.45, 2.75) is 32.8 Å². The molecule has 0 bridgehead atoms. The van der Waals surface area contributed by atoms with Gasteiger partial charge in [-0.2, -0.15) is 0 Å². The van der Waals surface area contributed by atoms with E-state index in [4.69, 9.17) is 5.11 Å². The van der Waals surface area contributed by atoms with Gasteiger partial charge in [-0.05, 0) is 37.2 Å². The van der Waals surface area contributed by atoms with Gasteiger partial charge in [0.1, 0.15) is 0 Å². The Balaban J connectivity index is 2.83. The molecule has 1 aliphatic carbocycles. The third-order valence-corrected chi connectivity index (χ3v) is 3.25. The zero-order valence-corrected chi connectivity index (χ0v) is 9.03. The predicted octanol–water partition coefficient (Wildman–Crippen LogP) is 1.89. The molecule has 1 aliphatic rings. The minimum absolute atomic E-state index is 0.0607. The molecule has 0 unspecified atom stereocenters. The van der Waals surface area contributed by atoms with Crippen molar-refractivity contribution in [3.05, 3.63) is 23.8 Å². The maximum absolute atomic E-state index is 9.60. The topological polar surface area (TPSA) is 40.5 Å². The summed E-state index contributed by atoms with van der Waals surface area (Å²) in [5.74, 6) is 0.613. The SMILES string of the molecule is C=C1CC[C@@H]([C@H](C)O)[C@@H](C)/C1=C/CO. The molecule has 0 amide bonds. The van der Waals surface area contributed by atoms with Gasteiger partial charge in [0.15, 0.2) is 0 Å². The van der Waals surface area contributed by atoms with Gasteiger partial charge in [0, 0.05) is 0 Å². The molecule has 0 aromatic heterocycles. The van der Waals surface area contributed by atoms with Crippen LogP contribution in [0.2, 0.25) is 0 Å². The molecule has 0 aromatic rings. The number of aliphatic hydroxyl groups is 2. The maximum atomic E-state index is 9.60. The van der Waals surface area contributed by atoms with Gasteiger partial charge in [0.05, 0.1) is 12.7 Å². The van der Waals surface area contributed by atoms with Crippen molar-refractivity contribution in [2.24, 2.45) is 11.8 Å². The first-order chi connectivity index (χ1) is 6.57. The van der Waals surface area contributed by atoms with E-state index in [1.54, 1.807) is 0 Å². The van der Waals surface area contributed by atoms with Gasteiger partial charge in [-0.3, -0.25) is 0 Å². The van der Waals surface area contributed by atoms with Crippen LogP contribution in [0.25, 0.3) is 0 Å². The number of hydrogen-bond acceptors (Lipinski definition) is 2. The van der Waals surface area contributed by atoms with E-state index >= 15 is 0 Å². The molecule has 0 aliphatic heterocycles. The van der Waals surface area contributed by atoms with Crippen LogP contribution in [0, 0.1) is 11.8 Å². The minimum atomic E-state index is -0.278. The number of rotatable bonds is 2. The molecule has 80 valence electrons.